The summed E-state index contributed by atoms with van der Waals surface area (Å²) in [5.74, 6) is 0.905. The van der Waals surface area contributed by atoms with Crippen molar-refractivity contribution < 1.29 is 0 Å². The second kappa shape index (κ2) is 7.24. The van der Waals surface area contributed by atoms with Crippen molar-refractivity contribution in [2.45, 2.75) is 52.0 Å². The van der Waals surface area contributed by atoms with Crippen molar-refractivity contribution in [3.05, 3.63) is 0 Å². The van der Waals surface area contributed by atoms with Gasteiger partial charge in [-0.2, -0.15) is 0 Å². The normalized spacial score (nSPS) is 23.6. The summed E-state index contributed by atoms with van der Waals surface area (Å²) in [6.07, 6.45) is 6.88. The Morgan fingerprint density at radius 1 is 1.27 bits per heavy atom. The molecule has 0 saturated carbocycles. The molecule has 1 atom stereocenters. The van der Waals surface area contributed by atoms with Gasteiger partial charge in [0.25, 0.3) is 0 Å². The van der Waals surface area contributed by atoms with Crippen molar-refractivity contribution in [1.82, 2.24) is 10.2 Å². The zero-order valence-electron chi connectivity index (χ0n) is 10.8. The first-order valence-corrected chi connectivity index (χ1v) is 6.70. The molecule has 2 nitrogen and oxygen atoms in total. The van der Waals surface area contributed by atoms with Gasteiger partial charge in [0.15, 0.2) is 0 Å². The van der Waals surface area contributed by atoms with E-state index >= 15 is 0 Å². The van der Waals surface area contributed by atoms with Crippen molar-refractivity contribution in [2.75, 3.05) is 26.7 Å². The summed E-state index contributed by atoms with van der Waals surface area (Å²) in [6.45, 7) is 8.46. The third-order valence-electron chi connectivity index (χ3n) is 3.84. The molecule has 0 spiro atoms. The summed E-state index contributed by atoms with van der Waals surface area (Å²) in [5.41, 5.74) is 0. The van der Waals surface area contributed by atoms with Crippen LogP contribution < -0.4 is 5.32 Å². The van der Waals surface area contributed by atoms with Gasteiger partial charge in [0.2, 0.25) is 0 Å². The van der Waals surface area contributed by atoms with Crippen LogP contribution in [-0.4, -0.2) is 37.6 Å². The lowest BCUT2D eigenvalue weighted by molar-refractivity contribution is 0.122. The third kappa shape index (κ3) is 4.12. The van der Waals surface area contributed by atoms with Crippen LogP contribution in [0.15, 0.2) is 0 Å². The van der Waals surface area contributed by atoms with Crippen molar-refractivity contribution in [1.29, 1.82) is 0 Å². The lowest BCUT2D eigenvalue weighted by Gasteiger charge is -2.37. The van der Waals surface area contributed by atoms with Gasteiger partial charge in [0.05, 0.1) is 0 Å². The maximum atomic E-state index is 3.34. The van der Waals surface area contributed by atoms with E-state index in [0.29, 0.717) is 0 Å². The van der Waals surface area contributed by atoms with Crippen LogP contribution in [0, 0.1) is 5.92 Å². The van der Waals surface area contributed by atoms with E-state index < -0.39 is 0 Å². The maximum Gasteiger partial charge on any atom is 0.0220 e. The summed E-state index contributed by atoms with van der Waals surface area (Å²) in [6, 6.07) is 0.796. The van der Waals surface area contributed by atoms with Crippen molar-refractivity contribution in [2.24, 2.45) is 5.92 Å². The standard InChI is InChI=1S/C13H28N2/c1-4-12(5-2)11-15-9-7-6-8-13(15)10-14-3/h12-14H,4-11H2,1-3H3. The van der Waals surface area contributed by atoms with Gasteiger partial charge in [-0.25, -0.2) is 0 Å². The molecule has 0 aromatic carbocycles. The predicted octanol–water partition coefficient (Wildman–Crippen LogP) is 2.50. The molecular formula is C13H28N2. The smallest absolute Gasteiger partial charge is 0.0220 e. The number of hydrogen-bond donors (Lipinski definition) is 1. The molecule has 1 aliphatic rings. The van der Waals surface area contributed by atoms with Gasteiger partial charge in [-0.15, -0.1) is 0 Å². The number of hydrogen-bond acceptors (Lipinski definition) is 2. The number of nitrogens with one attached hydrogen (secondary N) is 1. The molecule has 2 heteroatoms. The zero-order chi connectivity index (χ0) is 11.1. The minimum absolute atomic E-state index is 0.796. The van der Waals surface area contributed by atoms with Crippen LogP contribution in [0.25, 0.3) is 0 Å². The van der Waals surface area contributed by atoms with E-state index in [2.05, 4.69) is 31.1 Å². The van der Waals surface area contributed by atoms with E-state index in [1.807, 2.05) is 0 Å². The Kier molecular flexibility index (Phi) is 6.26. The van der Waals surface area contributed by atoms with E-state index in [0.717, 1.165) is 12.0 Å². The van der Waals surface area contributed by atoms with Crippen LogP contribution in [0.2, 0.25) is 0 Å². The van der Waals surface area contributed by atoms with Crippen molar-refractivity contribution >= 4 is 0 Å². The number of nitrogens with zero attached hydrogens (tertiary/aromatic N) is 1. The highest BCUT2D eigenvalue weighted by Crippen LogP contribution is 2.20. The van der Waals surface area contributed by atoms with Gasteiger partial charge in [-0.1, -0.05) is 33.1 Å². The Balaban J connectivity index is 2.40. The second-order valence-electron chi connectivity index (χ2n) is 4.88. The van der Waals surface area contributed by atoms with E-state index in [1.165, 1.54) is 51.7 Å². The minimum Gasteiger partial charge on any atom is -0.318 e. The molecule has 0 aliphatic carbocycles. The Morgan fingerprint density at radius 3 is 2.60 bits per heavy atom. The SMILES string of the molecule is CCC(CC)CN1CCCCC1CNC. The Morgan fingerprint density at radius 2 is 2.00 bits per heavy atom. The first kappa shape index (κ1) is 13.0. The first-order chi connectivity index (χ1) is 7.31. The third-order valence-corrected chi connectivity index (χ3v) is 3.84. The summed E-state index contributed by atoms with van der Waals surface area (Å²) in [4.78, 5) is 2.72. The molecule has 1 saturated heterocycles. The quantitative estimate of drug-likeness (QED) is 0.728. The van der Waals surface area contributed by atoms with Crippen LogP contribution in [0.3, 0.4) is 0 Å². The number of likely N-dealkylation sites (tertiary alicyclic amines) is 1. The van der Waals surface area contributed by atoms with Gasteiger partial charge in [0.1, 0.15) is 0 Å². The van der Waals surface area contributed by atoms with Crippen molar-refractivity contribution in [3.63, 3.8) is 0 Å². The van der Waals surface area contributed by atoms with Gasteiger partial charge in [-0.05, 0) is 32.4 Å². The fourth-order valence-corrected chi connectivity index (χ4v) is 2.65. The predicted molar refractivity (Wildman–Crippen MR) is 67.2 cm³/mol. The van der Waals surface area contributed by atoms with Crippen LogP contribution >= 0.6 is 0 Å². The molecule has 15 heavy (non-hydrogen) atoms. The molecule has 0 radical (unpaired) electrons. The highest BCUT2D eigenvalue weighted by atomic mass is 15.2. The van der Waals surface area contributed by atoms with Crippen molar-refractivity contribution in [3.8, 4) is 0 Å². The molecule has 1 aliphatic heterocycles. The molecule has 0 amide bonds. The largest absolute Gasteiger partial charge is 0.318 e. The van der Waals surface area contributed by atoms with Gasteiger partial charge in [-0.3, -0.25) is 4.90 Å². The topological polar surface area (TPSA) is 15.3 Å². The first-order valence-electron chi connectivity index (χ1n) is 6.70. The molecule has 0 bridgehead atoms. The fraction of sp³-hybridized carbons (Fsp3) is 1.00. The monoisotopic (exact) mass is 212 g/mol. The number of likely N-dealkylation sites (N-methyl/N-ethyl adjacent to an activating group) is 1. The van der Waals surface area contributed by atoms with E-state index in [9.17, 15) is 0 Å². The highest BCUT2D eigenvalue weighted by molar-refractivity contribution is 4.79. The average molecular weight is 212 g/mol. The molecule has 0 aromatic rings. The van der Waals surface area contributed by atoms with Gasteiger partial charge < -0.3 is 5.32 Å². The molecule has 1 heterocycles. The van der Waals surface area contributed by atoms with Gasteiger partial charge in [0, 0.05) is 19.1 Å². The summed E-state index contributed by atoms with van der Waals surface area (Å²) in [7, 11) is 2.07. The molecule has 1 rings (SSSR count). The molecule has 1 fully saturated rings. The number of piperidine rings is 1. The van der Waals surface area contributed by atoms with E-state index in [4.69, 9.17) is 0 Å². The Hall–Kier alpha value is -0.0800. The number of rotatable bonds is 6. The minimum atomic E-state index is 0.796. The molecular weight excluding hydrogens is 184 g/mol. The Labute approximate surface area is 95.4 Å². The van der Waals surface area contributed by atoms with E-state index in [-0.39, 0.29) is 0 Å². The molecule has 90 valence electrons. The second-order valence-corrected chi connectivity index (χ2v) is 4.88. The molecule has 1 unspecified atom stereocenters. The van der Waals surface area contributed by atoms with Gasteiger partial charge >= 0.3 is 0 Å². The lowest BCUT2D eigenvalue weighted by atomic mass is 9.97. The zero-order valence-corrected chi connectivity index (χ0v) is 10.8. The van der Waals surface area contributed by atoms with Crippen LogP contribution in [0.4, 0.5) is 0 Å². The van der Waals surface area contributed by atoms with Crippen LogP contribution in [0.5, 0.6) is 0 Å². The highest BCUT2D eigenvalue weighted by Gasteiger charge is 2.23. The van der Waals surface area contributed by atoms with E-state index in [1.54, 1.807) is 0 Å². The Bertz CT molecular complexity index is 153. The van der Waals surface area contributed by atoms with Crippen LogP contribution in [-0.2, 0) is 0 Å². The summed E-state index contributed by atoms with van der Waals surface area (Å²) in [5, 5.41) is 3.34. The maximum absolute atomic E-state index is 3.34. The summed E-state index contributed by atoms with van der Waals surface area (Å²) >= 11 is 0. The molecule has 1 N–H and O–H groups in total. The fourth-order valence-electron chi connectivity index (χ4n) is 2.65. The van der Waals surface area contributed by atoms with Crippen LogP contribution in [0.1, 0.15) is 46.0 Å². The lowest BCUT2D eigenvalue weighted by Crippen LogP contribution is -2.46. The molecule has 0 aromatic heterocycles. The summed E-state index contributed by atoms with van der Waals surface area (Å²) < 4.78 is 0. The average Bonchev–Trinajstić information content (AvgIpc) is 2.28.